The third kappa shape index (κ3) is 3.06. The third-order valence-corrected chi connectivity index (χ3v) is 4.17. The second kappa shape index (κ2) is 6.20. The number of pyridine rings is 1. The van der Waals surface area contributed by atoms with E-state index in [1.165, 1.54) is 30.7 Å². The van der Waals surface area contributed by atoms with Crippen molar-refractivity contribution in [2.45, 2.75) is 6.18 Å². The molecule has 6 nitrogen and oxygen atoms in total. The minimum absolute atomic E-state index is 0.126. The highest BCUT2D eigenvalue weighted by molar-refractivity contribution is 6.29. The standard InChI is InChI=1S/C17H9ClF3N5O/c18-12-7-10(4-5-22-12)14-13(15-25-23-8-26(15)16(27)24-14)9-2-1-3-11(6-9)17(19,20)21/h1-8H,(H,24,27). The van der Waals surface area contributed by atoms with E-state index in [4.69, 9.17) is 11.6 Å². The zero-order valence-electron chi connectivity index (χ0n) is 13.3. The van der Waals surface area contributed by atoms with Gasteiger partial charge in [-0.2, -0.15) is 13.2 Å². The number of nitrogens with one attached hydrogen (secondary N) is 1. The van der Waals surface area contributed by atoms with E-state index in [2.05, 4.69) is 20.2 Å². The summed E-state index contributed by atoms with van der Waals surface area (Å²) in [6, 6.07) is 7.84. The first-order valence-corrected chi connectivity index (χ1v) is 7.98. The lowest BCUT2D eigenvalue weighted by Crippen LogP contribution is -2.17. The minimum Gasteiger partial charge on any atom is -0.306 e. The molecule has 0 aliphatic heterocycles. The van der Waals surface area contributed by atoms with Crippen LogP contribution in [0.2, 0.25) is 5.15 Å². The number of H-pyrrole nitrogens is 1. The van der Waals surface area contributed by atoms with Gasteiger partial charge >= 0.3 is 11.9 Å². The molecule has 0 unspecified atom stereocenters. The van der Waals surface area contributed by atoms with Crippen LogP contribution in [0.1, 0.15) is 5.56 Å². The molecule has 0 aliphatic carbocycles. The average molecular weight is 392 g/mol. The van der Waals surface area contributed by atoms with Crippen LogP contribution in [0, 0.1) is 0 Å². The minimum atomic E-state index is -4.51. The Balaban J connectivity index is 2.08. The van der Waals surface area contributed by atoms with Crippen molar-refractivity contribution >= 4 is 17.2 Å². The van der Waals surface area contributed by atoms with Crippen LogP contribution in [-0.4, -0.2) is 24.6 Å². The van der Waals surface area contributed by atoms with Gasteiger partial charge < -0.3 is 4.98 Å². The van der Waals surface area contributed by atoms with Crippen molar-refractivity contribution in [2.24, 2.45) is 0 Å². The SMILES string of the molecule is O=c1[nH]c(-c2ccnc(Cl)c2)c(-c2cccc(C(F)(F)F)c2)c2nncn12. The van der Waals surface area contributed by atoms with E-state index in [1.54, 1.807) is 6.07 Å². The number of fused-ring (bicyclic) bond motifs is 1. The molecule has 3 heterocycles. The van der Waals surface area contributed by atoms with E-state index < -0.39 is 17.4 Å². The Hall–Kier alpha value is -3.20. The number of halogens is 4. The van der Waals surface area contributed by atoms with E-state index in [0.29, 0.717) is 11.1 Å². The number of aromatic nitrogens is 5. The van der Waals surface area contributed by atoms with Crippen LogP contribution in [0.4, 0.5) is 13.2 Å². The average Bonchev–Trinajstić information content (AvgIpc) is 3.11. The first kappa shape index (κ1) is 17.2. The first-order valence-electron chi connectivity index (χ1n) is 7.60. The molecule has 0 aliphatic rings. The molecule has 0 bridgehead atoms. The fourth-order valence-electron chi connectivity index (χ4n) is 2.79. The Labute approximate surface area is 154 Å². The van der Waals surface area contributed by atoms with E-state index >= 15 is 0 Å². The summed E-state index contributed by atoms with van der Waals surface area (Å²) in [5.41, 5.74) is 0.0360. The van der Waals surface area contributed by atoms with Gasteiger partial charge in [0.05, 0.1) is 16.8 Å². The lowest BCUT2D eigenvalue weighted by molar-refractivity contribution is -0.137. The molecule has 0 fully saturated rings. The Morgan fingerprint density at radius 2 is 1.93 bits per heavy atom. The summed E-state index contributed by atoms with van der Waals surface area (Å²) >= 11 is 5.93. The molecule has 0 saturated carbocycles. The van der Waals surface area contributed by atoms with Crippen LogP contribution in [0.25, 0.3) is 28.0 Å². The molecular formula is C17H9ClF3N5O. The molecule has 1 N–H and O–H groups in total. The second-order valence-electron chi connectivity index (χ2n) is 5.65. The summed E-state index contributed by atoms with van der Waals surface area (Å²) in [6.45, 7) is 0. The number of hydrogen-bond donors (Lipinski definition) is 1. The number of aromatic amines is 1. The fourth-order valence-corrected chi connectivity index (χ4v) is 2.97. The lowest BCUT2D eigenvalue weighted by Gasteiger charge is -2.13. The van der Waals surface area contributed by atoms with Crippen LogP contribution >= 0.6 is 11.6 Å². The third-order valence-electron chi connectivity index (χ3n) is 3.97. The lowest BCUT2D eigenvalue weighted by atomic mass is 9.99. The van der Waals surface area contributed by atoms with E-state index in [9.17, 15) is 18.0 Å². The van der Waals surface area contributed by atoms with Crippen molar-refractivity contribution in [1.29, 1.82) is 0 Å². The highest BCUT2D eigenvalue weighted by atomic mass is 35.5. The zero-order chi connectivity index (χ0) is 19.2. The van der Waals surface area contributed by atoms with Gasteiger partial charge in [-0.05, 0) is 29.8 Å². The molecule has 4 rings (SSSR count). The molecule has 0 amide bonds. The summed E-state index contributed by atoms with van der Waals surface area (Å²) < 4.78 is 40.6. The van der Waals surface area contributed by atoms with Gasteiger partial charge in [0.2, 0.25) is 0 Å². The number of benzene rings is 1. The second-order valence-corrected chi connectivity index (χ2v) is 6.04. The van der Waals surface area contributed by atoms with Crippen molar-refractivity contribution in [1.82, 2.24) is 24.6 Å². The molecule has 3 aromatic heterocycles. The zero-order valence-corrected chi connectivity index (χ0v) is 14.1. The fraction of sp³-hybridized carbons (Fsp3) is 0.0588. The molecule has 4 aromatic rings. The predicted octanol–water partition coefficient (Wildman–Crippen LogP) is 3.82. The monoisotopic (exact) mass is 391 g/mol. The van der Waals surface area contributed by atoms with Gasteiger partial charge in [0.1, 0.15) is 11.5 Å². The Kier molecular flexibility index (Phi) is 3.96. The largest absolute Gasteiger partial charge is 0.416 e. The van der Waals surface area contributed by atoms with Crippen molar-refractivity contribution in [2.75, 3.05) is 0 Å². The molecule has 0 radical (unpaired) electrons. The Morgan fingerprint density at radius 1 is 1.11 bits per heavy atom. The molecule has 136 valence electrons. The van der Waals surface area contributed by atoms with E-state index in [1.807, 2.05) is 0 Å². The quantitative estimate of drug-likeness (QED) is 0.527. The van der Waals surface area contributed by atoms with Gasteiger partial charge in [-0.15, -0.1) is 10.2 Å². The van der Waals surface area contributed by atoms with Crippen molar-refractivity contribution in [3.63, 3.8) is 0 Å². The molecule has 1 aromatic carbocycles. The number of alkyl halides is 3. The Bertz CT molecular complexity index is 1220. The normalized spacial score (nSPS) is 11.9. The van der Waals surface area contributed by atoms with Gasteiger partial charge in [0.15, 0.2) is 5.65 Å². The van der Waals surface area contributed by atoms with E-state index in [0.717, 1.165) is 16.5 Å². The predicted molar refractivity (Wildman–Crippen MR) is 92.3 cm³/mol. The smallest absolute Gasteiger partial charge is 0.306 e. The highest BCUT2D eigenvalue weighted by Gasteiger charge is 2.31. The van der Waals surface area contributed by atoms with Gasteiger partial charge in [0.25, 0.3) is 0 Å². The van der Waals surface area contributed by atoms with Crippen LogP contribution in [0.5, 0.6) is 0 Å². The van der Waals surface area contributed by atoms with Crippen LogP contribution < -0.4 is 5.69 Å². The van der Waals surface area contributed by atoms with Crippen molar-refractivity contribution in [3.05, 3.63) is 70.1 Å². The highest BCUT2D eigenvalue weighted by Crippen LogP contribution is 2.36. The molecule has 0 spiro atoms. The Morgan fingerprint density at radius 3 is 2.67 bits per heavy atom. The number of rotatable bonds is 2. The maximum absolute atomic E-state index is 13.2. The van der Waals surface area contributed by atoms with Gasteiger partial charge in [0, 0.05) is 11.8 Å². The number of nitrogens with zero attached hydrogens (tertiary/aromatic N) is 4. The summed E-state index contributed by atoms with van der Waals surface area (Å²) in [7, 11) is 0. The number of hydrogen-bond acceptors (Lipinski definition) is 4. The van der Waals surface area contributed by atoms with Gasteiger partial charge in [-0.25, -0.2) is 14.2 Å². The molecule has 0 atom stereocenters. The summed E-state index contributed by atoms with van der Waals surface area (Å²) in [5, 5.41) is 7.79. The maximum Gasteiger partial charge on any atom is 0.416 e. The van der Waals surface area contributed by atoms with Gasteiger partial charge in [-0.3, -0.25) is 0 Å². The molecule has 0 saturated heterocycles. The topological polar surface area (TPSA) is 75.9 Å². The van der Waals surface area contributed by atoms with Crippen LogP contribution in [0.3, 0.4) is 0 Å². The summed E-state index contributed by atoms with van der Waals surface area (Å²) in [4.78, 5) is 18.9. The summed E-state index contributed by atoms with van der Waals surface area (Å²) in [6.07, 6.45) is -1.89. The van der Waals surface area contributed by atoms with Gasteiger partial charge in [-0.1, -0.05) is 23.7 Å². The van der Waals surface area contributed by atoms with Crippen LogP contribution in [0.15, 0.2) is 53.7 Å². The van der Waals surface area contributed by atoms with E-state index in [-0.39, 0.29) is 22.1 Å². The van der Waals surface area contributed by atoms with Crippen molar-refractivity contribution < 1.29 is 13.2 Å². The molecular weight excluding hydrogens is 383 g/mol. The summed E-state index contributed by atoms with van der Waals surface area (Å²) in [5.74, 6) is 0. The molecule has 10 heteroatoms. The van der Waals surface area contributed by atoms with Crippen molar-refractivity contribution in [3.8, 4) is 22.4 Å². The van der Waals surface area contributed by atoms with Crippen LogP contribution in [-0.2, 0) is 6.18 Å². The maximum atomic E-state index is 13.2. The molecule has 27 heavy (non-hydrogen) atoms. The first-order chi connectivity index (χ1) is 12.8.